The van der Waals surface area contributed by atoms with Crippen molar-refractivity contribution in [1.82, 2.24) is 19.6 Å². The minimum Gasteiger partial charge on any atom is -0.462 e. The van der Waals surface area contributed by atoms with Crippen LogP contribution in [0.2, 0.25) is 0 Å². The van der Waals surface area contributed by atoms with Crippen molar-refractivity contribution in [3.05, 3.63) is 84.1 Å². The van der Waals surface area contributed by atoms with Gasteiger partial charge in [-0.3, -0.25) is 14.6 Å². The Morgan fingerprint density at radius 1 is 0.971 bits per heavy atom. The van der Waals surface area contributed by atoms with Gasteiger partial charge in [0.05, 0.1) is 25.0 Å². The van der Waals surface area contributed by atoms with Gasteiger partial charge in [-0.25, -0.2) is 9.48 Å². The molecule has 0 radical (unpaired) electrons. The Morgan fingerprint density at radius 2 is 1.63 bits per heavy atom. The van der Waals surface area contributed by atoms with E-state index in [0.29, 0.717) is 5.82 Å². The molecule has 2 heterocycles. The molecule has 8 heteroatoms. The van der Waals surface area contributed by atoms with Crippen molar-refractivity contribution < 1.29 is 14.3 Å². The van der Waals surface area contributed by atoms with Gasteiger partial charge in [-0.15, -0.1) is 0 Å². The van der Waals surface area contributed by atoms with Crippen LogP contribution >= 0.6 is 0 Å². The van der Waals surface area contributed by atoms with E-state index in [1.807, 2.05) is 48.5 Å². The Labute approximate surface area is 205 Å². The average Bonchev–Trinajstić information content (AvgIpc) is 3.30. The molecular formula is C27H31N5O3. The molecule has 1 aliphatic rings. The van der Waals surface area contributed by atoms with Crippen molar-refractivity contribution in [3.63, 3.8) is 0 Å². The molecule has 3 aromatic rings. The van der Waals surface area contributed by atoms with E-state index in [2.05, 4.69) is 44.5 Å². The van der Waals surface area contributed by atoms with Gasteiger partial charge in [0.2, 0.25) is 5.91 Å². The molecule has 1 amide bonds. The Hall–Kier alpha value is -3.75. The third-order valence-corrected chi connectivity index (χ3v) is 5.83. The minimum absolute atomic E-state index is 0.189. The lowest BCUT2D eigenvalue weighted by molar-refractivity contribution is -0.117. The molecular weight excluding hydrogens is 442 g/mol. The van der Waals surface area contributed by atoms with Gasteiger partial charge >= 0.3 is 5.97 Å². The fraction of sp³-hybridized carbons (Fsp3) is 0.296. The number of ether oxygens (including phenoxy) is 1. The molecule has 182 valence electrons. The van der Waals surface area contributed by atoms with E-state index in [1.165, 1.54) is 11.8 Å². The van der Waals surface area contributed by atoms with Gasteiger partial charge in [-0.2, -0.15) is 5.10 Å². The first-order valence-corrected chi connectivity index (χ1v) is 11.9. The topological polar surface area (TPSA) is 79.7 Å². The molecule has 2 aromatic carbocycles. The van der Waals surface area contributed by atoms with Crippen LogP contribution in [0, 0.1) is 0 Å². The molecule has 35 heavy (non-hydrogen) atoms. The summed E-state index contributed by atoms with van der Waals surface area (Å²) < 4.78 is 6.71. The average molecular weight is 474 g/mol. The van der Waals surface area contributed by atoms with E-state index in [4.69, 9.17) is 4.74 Å². The summed E-state index contributed by atoms with van der Waals surface area (Å²) in [5.41, 5.74) is 2.18. The SMILES string of the molecule is CCOC(=O)c1cnn(-c2ccccc2)c1NC(=O)CN1CCN(C/C=C/c2ccccc2)CC1. The maximum atomic E-state index is 12.9. The third-order valence-electron chi connectivity index (χ3n) is 5.83. The molecule has 1 aromatic heterocycles. The zero-order chi connectivity index (χ0) is 24.5. The lowest BCUT2D eigenvalue weighted by Gasteiger charge is -2.33. The van der Waals surface area contributed by atoms with Crippen LogP contribution in [0.3, 0.4) is 0 Å². The number of amides is 1. The number of carbonyl (C=O) groups is 2. The fourth-order valence-corrected chi connectivity index (χ4v) is 4.00. The number of para-hydroxylation sites is 1. The van der Waals surface area contributed by atoms with E-state index in [-0.39, 0.29) is 24.6 Å². The maximum absolute atomic E-state index is 12.9. The van der Waals surface area contributed by atoms with Crippen LogP contribution in [0.15, 0.2) is 72.9 Å². The van der Waals surface area contributed by atoms with Crippen molar-refractivity contribution in [2.45, 2.75) is 6.92 Å². The Bertz CT molecular complexity index is 1140. The zero-order valence-corrected chi connectivity index (χ0v) is 20.0. The predicted molar refractivity (Wildman–Crippen MR) is 137 cm³/mol. The van der Waals surface area contributed by atoms with E-state index < -0.39 is 5.97 Å². The van der Waals surface area contributed by atoms with E-state index >= 15 is 0 Å². The second-order valence-electron chi connectivity index (χ2n) is 8.31. The van der Waals surface area contributed by atoms with Crippen LogP contribution in [-0.4, -0.2) is 77.3 Å². The highest BCUT2D eigenvalue weighted by Crippen LogP contribution is 2.21. The lowest BCUT2D eigenvalue weighted by atomic mass is 10.2. The number of hydrogen-bond donors (Lipinski definition) is 1. The molecule has 0 spiro atoms. The maximum Gasteiger partial charge on any atom is 0.343 e. The first kappa shape index (κ1) is 24.4. The van der Waals surface area contributed by atoms with Crippen LogP contribution in [0.25, 0.3) is 11.8 Å². The monoisotopic (exact) mass is 473 g/mol. The number of benzene rings is 2. The molecule has 0 aliphatic carbocycles. The third kappa shape index (κ3) is 6.65. The lowest BCUT2D eigenvalue weighted by Crippen LogP contribution is -2.48. The summed E-state index contributed by atoms with van der Waals surface area (Å²) >= 11 is 0. The molecule has 1 saturated heterocycles. The summed E-state index contributed by atoms with van der Waals surface area (Å²) in [6, 6.07) is 19.6. The van der Waals surface area contributed by atoms with E-state index in [1.54, 1.807) is 11.6 Å². The number of esters is 1. The molecule has 4 rings (SSSR count). The molecule has 0 unspecified atom stereocenters. The molecule has 8 nitrogen and oxygen atoms in total. The number of piperazine rings is 1. The summed E-state index contributed by atoms with van der Waals surface area (Å²) in [5, 5.41) is 7.23. The standard InChI is InChI=1S/C27H31N5O3/c1-2-35-27(34)24-20-28-32(23-13-7-4-8-14-23)26(24)29-25(33)21-31-18-16-30(17-19-31)15-9-12-22-10-5-3-6-11-22/h3-14,20H,2,15-19,21H2,1H3,(H,29,33)/b12-9+. The number of hydrogen-bond acceptors (Lipinski definition) is 6. The summed E-state index contributed by atoms with van der Waals surface area (Å²) in [7, 11) is 0. The fourth-order valence-electron chi connectivity index (χ4n) is 4.00. The van der Waals surface area contributed by atoms with Crippen LogP contribution in [0.5, 0.6) is 0 Å². The van der Waals surface area contributed by atoms with Crippen molar-refractivity contribution in [2.75, 3.05) is 51.2 Å². The van der Waals surface area contributed by atoms with Crippen molar-refractivity contribution >= 4 is 23.8 Å². The van der Waals surface area contributed by atoms with E-state index in [9.17, 15) is 9.59 Å². The molecule has 0 atom stereocenters. The largest absolute Gasteiger partial charge is 0.462 e. The highest BCUT2D eigenvalue weighted by atomic mass is 16.5. The number of rotatable bonds is 9. The second kappa shape index (κ2) is 12.1. The minimum atomic E-state index is -0.512. The number of aromatic nitrogens is 2. The van der Waals surface area contributed by atoms with Gasteiger partial charge in [0, 0.05) is 32.7 Å². The van der Waals surface area contributed by atoms with Gasteiger partial charge in [0.1, 0.15) is 5.56 Å². The van der Waals surface area contributed by atoms with Crippen LogP contribution in [0.4, 0.5) is 5.82 Å². The van der Waals surface area contributed by atoms with Gasteiger partial charge in [-0.1, -0.05) is 60.7 Å². The summed E-state index contributed by atoms with van der Waals surface area (Å²) in [6.45, 7) is 6.50. The first-order valence-electron chi connectivity index (χ1n) is 11.9. The first-order chi connectivity index (χ1) is 17.1. The number of carbonyl (C=O) groups excluding carboxylic acids is 2. The van der Waals surface area contributed by atoms with Gasteiger partial charge in [0.25, 0.3) is 0 Å². The molecule has 0 saturated carbocycles. The predicted octanol–water partition coefficient (Wildman–Crippen LogP) is 3.32. The Balaban J connectivity index is 1.33. The number of nitrogens with one attached hydrogen (secondary N) is 1. The van der Waals surface area contributed by atoms with Gasteiger partial charge in [-0.05, 0) is 24.6 Å². The molecule has 1 aliphatic heterocycles. The van der Waals surface area contributed by atoms with Crippen molar-refractivity contribution in [1.29, 1.82) is 0 Å². The van der Waals surface area contributed by atoms with Crippen LogP contribution in [-0.2, 0) is 9.53 Å². The smallest absolute Gasteiger partial charge is 0.343 e. The molecule has 1 N–H and O–H groups in total. The van der Waals surface area contributed by atoms with Crippen LogP contribution in [0.1, 0.15) is 22.8 Å². The normalized spacial score (nSPS) is 14.8. The highest BCUT2D eigenvalue weighted by molar-refractivity contribution is 6.01. The van der Waals surface area contributed by atoms with Gasteiger partial charge < -0.3 is 10.1 Å². The van der Waals surface area contributed by atoms with Crippen molar-refractivity contribution in [2.24, 2.45) is 0 Å². The zero-order valence-electron chi connectivity index (χ0n) is 20.0. The highest BCUT2D eigenvalue weighted by Gasteiger charge is 2.23. The summed E-state index contributed by atoms with van der Waals surface area (Å²) in [5.74, 6) is -0.378. The van der Waals surface area contributed by atoms with E-state index in [0.717, 1.165) is 38.4 Å². The molecule has 1 fully saturated rings. The summed E-state index contributed by atoms with van der Waals surface area (Å²) in [4.78, 5) is 29.9. The quantitative estimate of drug-likeness (QED) is 0.481. The number of anilines is 1. The van der Waals surface area contributed by atoms with Crippen molar-refractivity contribution in [3.8, 4) is 5.69 Å². The summed E-state index contributed by atoms with van der Waals surface area (Å²) in [6.07, 6.45) is 5.75. The Morgan fingerprint density at radius 3 is 2.31 bits per heavy atom. The second-order valence-corrected chi connectivity index (χ2v) is 8.31. The molecule has 0 bridgehead atoms. The van der Waals surface area contributed by atoms with Crippen LogP contribution < -0.4 is 5.32 Å². The van der Waals surface area contributed by atoms with Gasteiger partial charge in [0.15, 0.2) is 5.82 Å². The Kier molecular flexibility index (Phi) is 8.43. The number of nitrogens with zero attached hydrogens (tertiary/aromatic N) is 4.